The SMILES string of the molecule is Cn1c(Cl)cnc1CN1CC2(COc3cc4c(cc32)OCCO4)c2ccccc21. The van der Waals surface area contributed by atoms with Crippen LogP contribution in [0.3, 0.4) is 0 Å². The van der Waals surface area contributed by atoms with Gasteiger partial charge in [-0.05, 0) is 17.7 Å². The number of aromatic nitrogens is 2. The molecule has 3 aromatic rings. The van der Waals surface area contributed by atoms with E-state index in [2.05, 4.69) is 40.2 Å². The molecule has 0 bridgehead atoms. The van der Waals surface area contributed by atoms with Crippen LogP contribution in [0.4, 0.5) is 5.69 Å². The van der Waals surface area contributed by atoms with E-state index < -0.39 is 0 Å². The minimum atomic E-state index is -0.239. The van der Waals surface area contributed by atoms with Gasteiger partial charge in [-0.15, -0.1) is 0 Å². The largest absolute Gasteiger partial charge is 0.492 e. The number of hydrogen-bond acceptors (Lipinski definition) is 5. The van der Waals surface area contributed by atoms with Crippen LogP contribution in [0, 0.1) is 0 Å². The molecule has 1 spiro atoms. The molecule has 0 saturated carbocycles. The predicted octanol–water partition coefficient (Wildman–Crippen LogP) is 3.54. The van der Waals surface area contributed by atoms with E-state index in [1.54, 1.807) is 6.20 Å². The number of rotatable bonds is 2. The number of fused-ring (bicyclic) bond motifs is 5. The first-order chi connectivity index (χ1) is 14.2. The summed E-state index contributed by atoms with van der Waals surface area (Å²) < 4.78 is 19.7. The molecule has 1 atom stereocenters. The lowest BCUT2D eigenvalue weighted by atomic mass is 9.77. The van der Waals surface area contributed by atoms with Crippen molar-refractivity contribution in [3.05, 3.63) is 64.7 Å². The Kier molecular flexibility index (Phi) is 3.56. The van der Waals surface area contributed by atoms with Crippen molar-refractivity contribution in [1.82, 2.24) is 9.55 Å². The number of imidazole rings is 1. The van der Waals surface area contributed by atoms with E-state index in [-0.39, 0.29) is 5.41 Å². The summed E-state index contributed by atoms with van der Waals surface area (Å²) in [5.74, 6) is 3.37. The minimum absolute atomic E-state index is 0.239. The van der Waals surface area contributed by atoms with E-state index in [9.17, 15) is 0 Å². The van der Waals surface area contributed by atoms with Crippen molar-refractivity contribution < 1.29 is 14.2 Å². The molecule has 0 N–H and O–H groups in total. The Morgan fingerprint density at radius 3 is 2.62 bits per heavy atom. The van der Waals surface area contributed by atoms with Crippen LogP contribution in [0.15, 0.2) is 42.6 Å². The molecule has 0 saturated heterocycles. The van der Waals surface area contributed by atoms with Gasteiger partial charge in [-0.2, -0.15) is 0 Å². The third kappa shape index (κ3) is 2.38. The Balaban J connectivity index is 1.45. The summed E-state index contributed by atoms with van der Waals surface area (Å²) in [5.41, 5.74) is 3.40. The molecule has 0 fully saturated rings. The van der Waals surface area contributed by atoms with E-state index >= 15 is 0 Å². The lowest BCUT2D eigenvalue weighted by Crippen LogP contribution is -2.36. The zero-order valence-corrected chi connectivity index (χ0v) is 16.8. The monoisotopic (exact) mass is 409 g/mol. The van der Waals surface area contributed by atoms with Crippen LogP contribution < -0.4 is 19.1 Å². The number of para-hydroxylation sites is 1. The summed E-state index contributed by atoms with van der Waals surface area (Å²) in [5, 5.41) is 0.639. The molecule has 148 valence electrons. The van der Waals surface area contributed by atoms with Gasteiger partial charge in [0.15, 0.2) is 11.5 Å². The molecule has 4 heterocycles. The second-order valence-corrected chi connectivity index (χ2v) is 8.18. The molecule has 29 heavy (non-hydrogen) atoms. The Morgan fingerprint density at radius 2 is 1.83 bits per heavy atom. The van der Waals surface area contributed by atoms with Gasteiger partial charge >= 0.3 is 0 Å². The Bertz CT molecular complexity index is 1130. The maximum atomic E-state index is 6.21. The summed E-state index contributed by atoms with van der Waals surface area (Å²) in [6.45, 7) is 3.23. The first-order valence-corrected chi connectivity index (χ1v) is 10.1. The summed E-state index contributed by atoms with van der Waals surface area (Å²) in [7, 11) is 1.94. The summed E-state index contributed by atoms with van der Waals surface area (Å²) in [6.07, 6.45) is 1.70. The van der Waals surface area contributed by atoms with Gasteiger partial charge in [0.2, 0.25) is 0 Å². The lowest BCUT2D eigenvalue weighted by Gasteiger charge is -2.26. The van der Waals surface area contributed by atoms with Crippen LogP contribution in [-0.2, 0) is 19.0 Å². The number of hydrogen-bond donors (Lipinski definition) is 0. The molecule has 1 unspecified atom stereocenters. The van der Waals surface area contributed by atoms with Crippen molar-refractivity contribution in [3.63, 3.8) is 0 Å². The van der Waals surface area contributed by atoms with Crippen LogP contribution in [0.1, 0.15) is 17.0 Å². The van der Waals surface area contributed by atoms with Gasteiger partial charge in [-0.25, -0.2) is 4.98 Å². The number of anilines is 1. The normalized spacial score (nSPS) is 21.2. The molecular formula is C22H20ClN3O3. The molecule has 2 aromatic carbocycles. The fraction of sp³-hybridized carbons (Fsp3) is 0.318. The first kappa shape index (κ1) is 17.0. The van der Waals surface area contributed by atoms with Gasteiger partial charge in [0.05, 0.1) is 18.2 Å². The number of nitrogens with zero attached hydrogens (tertiary/aromatic N) is 3. The predicted molar refractivity (Wildman–Crippen MR) is 109 cm³/mol. The Morgan fingerprint density at radius 1 is 1.03 bits per heavy atom. The average molecular weight is 410 g/mol. The van der Waals surface area contributed by atoms with Gasteiger partial charge < -0.3 is 23.7 Å². The van der Waals surface area contributed by atoms with E-state index in [4.69, 9.17) is 25.8 Å². The quantitative estimate of drug-likeness (QED) is 0.648. The zero-order chi connectivity index (χ0) is 19.6. The summed E-state index contributed by atoms with van der Waals surface area (Å²) in [4.78, 5) is 6.85. The fourth-order valence-corrected chi connectivity index (χ4v) is 4.88. The molecule has 3 aliphatic rings. The van der Waals surface area contributed by atoms with Crippen LogP contribution in [0.5, 0.6) is 17.2 Å². The fourth-order valence-electron chi connectivity index (χ4n) is 4.73. The van der Waals surface area contributed by atoms with E-state index in [1.807, 2.05) is 17.7 Å². The van der Waals surface area contributed by atoms with Crippen LogP contribution in [0.25, 0.3) is 0 Å². The number of ether oxygens (including phenoxy) is 3. The highest BCUT2D eigenvalue weighted by atomic mass is 35.5. The van der Waals surface area contributed by atoms with Gasteiger partial charge in [0.1, 0.15) is 36.5 Å². The van der Waals surface area contributed by atoms with Crippen LogP contribution in [-0.4, -0.2) is 35.9 Å². The lowest BCUT2D eigenvalue weighted by molar-refractivity contribution is 0.171. The van der Waals surface area contributed by atoms with E-state index in [0.717, 1.165) is 35.2 Å². The molecule has 0 radical (unpaired) electrons. The van der Waals surface area contributed by atoms with E-state index in [0.29, 0.717) is 31.5 Å². The van der Waals surface area contributed by atoms with Crippen molar-refractivity contribution >= 4 is 17.3 Å². The molecule has 7 heteroatoms. The second kappa shape index (κ2) is 6.07. The minimum Gasteiger partial charge on any atom is -0.492 e. The smallest absolute Gasteiger partial charge is 0.165 e. The van der Waals surface area contributed by atoms with Gasteiger partial charge in [0.25, 0.3) is 0 Å². The van der Waals surface area contributed by atoms with Crippen molar-refractivity contribution in [2.24, 2.45) is 7.05 Å². The third-order valence-corrected chi connectivity index (χ3v) is 6.57. The zero-order valence-electron chi connectivity index (χ0n) is 16.0. The molecule has 3 aliphatic heterocycles. The standard InChI is InChI=1S/C22H20ClN3O3/c1-25-20(23)10-24-21(25)11-26-12-22(14-4-2-3-5-16(14)26)13-29-17-9-19-18(8-15(17)22)27-6-7-28-19/h2-5,8-10H,6-7,11-13H2,1H3. The van der Waals surface area contributed by atoms with Gasteiger partial charge in [-0.3, -0.25) is 0 Å². The summed E-state index contributed by atoms with van der Waals surface area (Å²) >= 11 is 6.21. The molecule has 6 nitrogen and oxygen atoms in total. The van der Waals surface area contributed by atoms with Gasteiger partial charge in [-0.1, -0.05) is 29.8 Å². The molecule has 1 aromatic heterocycles. The third-order valence-electron chi connectivity index (χ3n) is 6.22. The first-order valence-electron chi connectivity index (χ1n) is 9.73. The molecule has 0 aliphatic carbocycles. The number of benzene rings is 2. The average Bonchev–Trinajstić information content (AvgIpc) is 3.38. The topological polar surface area (TPSA) is 48.8 Å². The number of halogens is 1. The maximum absolute atomic E-state index is 6.21. The molecule has 6 rings (SSSR count). The highest BCUT2D eigenvalue weighted by molar-refractivity contribution is 6.29. The van der Waals surface area contributed by atoms with Crippen LogP contribution >= 0.6 is 11.6 Å². The molecule has 0 amide bonds. The summed E-state index contributed by atoms with van der Waals surface area (Å²) in [6, 6.07) is 12.6. The Hall–Kier alpha value is -2.86. The maximum Gasteiger partial charge on any atom is 0.165 e. The van der Waals surface area contributed by atoms with Crippen molar-refractivity contribution in [2.75, 3.05) is 31.3 Å². The van der Waals surface area contributed by atoms with Crippen LogP contribution in [0.2, 0.25) is 5.15 Å². The Labute approximate surface area is 173 Å². The van der Waals surface area contributed by atoms with Crippen molar-refractivity contribution in [2.45, 2.75) is 12.0 Å². The van der Waals surface area contributed by atoms with Crippen molar-refractivity contribution in [3.8, 4) is 17.2 Å². The highest BCUT2D eigenvalue weighted by Gasteiger charge is 2.50. The van der Waals surface area contributed by atoms with Gasteiger partial charge in [0, 0.05) is 30.9 Å². The van der Waals surface area contributed by atoms with E-state index in [1.165, 1.54) is 11.3 Å². The van der Waals surface area contributed by atoms with Crippen molar-refractivity contribution in [1.29, 1.82) is 0 Å². The highest BCUT2D eigenvalue weighted by Crippen LogP contribution is 2.54. The molecular weight excluding hydrogens is 390 g/mol. The second-order valence-electron chi connectivity index (χ2n) is 7.79.